The number of pyridine rings is 1. The molecule has 29 heavy (non-hydrogen) atoms. The molecule has 2 saturated heterocycles. The summed E-state index contributed by atoms with van der Waals surface area (Å²) in [6.45, 7) is 2.39. The minimum absolute atomic E-state index is 0.256. The first-order valence-corrected chi connectivity index (χ1v) is 10.7. The summed E-state index contributed by atoms with van der Waals surface area (Å²) in [5, 5.41) is 1.01. The van der Waals surface area contributed by atoms with Crippen molar-refractivity contribution in [1.82, 2.24) is 4.98 Å². The maximum atomic E-state index is 13.3. The molecule has 2 aliphatic rings. The van der Waals surface area contributed by atoms with E-state index >= 15 is 0 Å². The Morgan fingerprint density at radius 1 is 1.07 bits per heavy atom. The molecule has 0 aliphatic carbocycles. The van der Waals surface area contributed by atoms with Crippen molar-refractivity contribution in [3.63, 3.8) is 0 Å². The van der Waals surface area contributed by atoms with Crippen molar-refractivity contribution in [2.24, 2.45) is 11.1 Å². The van der Waals surface area contributed by atoms with Crippen LogP contribution in [-0.4, -0.2) is 36.4 Å². The maximum Gasteiger partial charge on any atom is 0.258 e. The number of benzene rings is 1. The Hall–Kier alpha value is -2.93. The summed E-state index contributed by atoms with van der Waals surface area (Å²) in [5.74, 6) is -0.154. The molecule has 6 nitrogen and oxygen atoms in total. The van der Waals surface area contributed by atoms with Gasteiger partial charge in [0.2, 0.25) is 5.91 Å². The summed E-state index contributed by atoms with van der Waals surface area (Å²) in [6, 6.07) is 11.8. The lowest BCUT2D eigenvalue weighted by molar-refractivity contribution is -0.126. The zero-order chi connectivity index (χ0) is 20.0. The van der Waals surface area contributed by atoms with Gasteiger partial charge in [-0.05, 0) is 37.5 Å². The number of thiophene rings is 1. The summed E-state index contributed by atoms with van der Waals surface area (Å²) in [5.41, 5.74) is 7.20. The molecule has 2 amide bonds. The van der Waals surface area contributed by atoms with Crippen molar-refractivity contribution in [2.75, 3.05) is 29.4 Å². The lowest BCUT2D eigenvalue weighted by Gasteiger charge is -2.39. The standard InChI is InChI=1S/C22H22N4O2S/c23-20(27)18-12-16-17(13-24-14-19(16)29-18)25-9-6-22(7-10-25)8-11-26(21(22)28)15-4-2-1-3-5-15/h1-5,12-14H,6-11H2,(H2,23,27). The van der Waals surface area contributed by atoms with Crippen LogP contribution in [0.3, 0.4) is 0 Å². The summed E-state index contributed by atoms with van der Waals surface area (Å²) in [4.78, 5) is 34.0. The van der Waals surface area contributed by atoms with Crippen molar-refractivity contribution >= 4 is 44.6 Å². The van der Waals surface area contributed by atoms with Gasteiger partial charge in [-0.15, -0.1) is 11.3 Å². The summed E-state index contributed by atoms with van der Waals surface area (Å²) in [6.07, 6.45) is 6.20. The highest BCUT2D eigenvalue weighted by Gasteiger charge is 2.48. The maximum absolute atomic E-state index is 13.3. The smallest absolute Gasteiger partial charge is 0.258 e. The van der Waals surface area contributed by atoms with Crippen molar-refractivity contribution in [3.8, 4) is 0 Å². The molecule has 0 atom stereocenters. The Labute approximate surface area is 172 Å². The molecule has 3 aromatic rings. The minimum Gasteiger partial charge on any atom is -0.370 e. The molecule has 0 saturated carbocycles. The number of fused-ring (bicyclic) bond motifs is 1. The van der Waals surface area contributed by atoms with Gasteiger partial charge < -0.3 is 15.5 Å². The van der Waals surface area contributed by atoms with E-state index in [1.54, 1.807) is 6.20 Å². The molecule has 148 valence electrons. The largest absolute Gasteiger partial charge is 0.370 e. The van der Waals surface area contributed by atoms with Crippen LogP contribution in [0.5, 0.6) is 0 Å². The first-order valence-electron chi connectivity index (χ1n) is 9.87. The number of aromatic nitrogens is 1. The van der Waals surface area contributed by atoms with Crippen molar-refractivity contribution in [3.05, 3.63) is 53.7 Å². The number of hydrogen-bond acceptors (Lipinski definition) is 5. The quantitative estimate of drug-likeness (QED) is 0.723. The number of piperidine rings is 1. The molecular weight excluding hydrogens is 384 g/mol. The molecule has 0 radical (unpaired) electrons. The van der Waals surface area contributed by atoms with Gasteiger partial charge in [0.05, 0.1) is 26.9 Å². The van der Waals surface area contributed by atoms with Crippen molar-refractivity contribution < 1.29 is 9.59 Å². The van der Waals surface area contributed by atoms with Gasteiger partial charge in [-0.1, -0.05) is 18.2 Å². The Bertz CT molecular complexity index is 1090. The van der Waals surface area contributed by atoms with Gasteiger partial charge in [-0.2, -0.15) is 0 Å². The number of para-hydroxylation sites is 1. The second-order valence-electron chi connectivity index (χ2n) is 7.86. The number of primary amides is 1. The SMILES string of the molecule is NC(=O)c1cc2c(N3CCC4(CC3)CCN(c3ccccc3)C4=O)cncc2s1. The monoisotopic (exact) mass is 406 g/mol. The van der Waals surface area contributed by atoms with Gasteiger partial charge >= 0.3 is 0 Å². The molecule has 1 spiro atoms. The van der Waals surface area contributed by atoms with E-state index < -0.39 is 5.91 Å². The van der Waals surface area contributed by atoms with E-state index in [1.807, 2.05) is 47.5 Å². The highest BCUT2D eigenvalue weighted by Crippen LogP contribution is 2.44. The number of anilines is 2. The number of carbonyl (C=O) groups is 2. The molecule has 1 aromatic carbocycles. The Morgan fingerprint density at radius 3 is 2.52 bits per heavy atom. The van der Waals surface area contributed by atoms with E-state index in [-0.39, 0.29) is 11.3 Å². The van der Waals surface area contributed by atoms with E-state index in [2.05, 4.69) is 9.88 Å². The zero-order valence-electron chi connectivity index (χ0n) is 16.0. The van der Waals surface area contributed by atoms with Crippen LogP contribution in [0.25, 0.3) is 10.1 Å². The van der Waals surface area contributed by atoms with Gasteiger partial charge in [0.25, 0.3) is 5.91 Å². The molecule has 5 rings (SSSR count). The number of rotatable bonds is 3. The third kappa shape index (κ3) is 2.97. The predicted molar refractivity (Wildman–Crippen MR) is 115 cm³/mol. The third-order valence-corrected chi connectivity index (χ3v) is 7.39. The molecule has 0 unspecified atom stereocenters. The molecule has 2 N–H and O–H groups in total. The molecule has 2 aromatic heterocycles. The normalized spacial score (nSPS) is 18.7. The summed E-state index contributed by atoms with van der Waals surface area (Å²) >= 11 is 1.38. The van der Waals surface area contributed by atoms with Crippen LogP contribution in [-0.2, 0) is 4.79 Å². The lowest BCUT2D eigenvalue weighted by Crippen LogP contribution is -2.44. The topological polar surface area (TPSA) is 79.5 Å². The van der Waals surface area contributed by atoms with E-state index in [0.717, 1.165) is 60.4 Å². The van der Waals surface area contributed by atoms with E-state index in [4.69, 9.17) is 5.73 Å². The highest BCUT2D eigenvalue weighted by atomic mass is 32.1. The fourth-order valence-corrected chi connectivity index (χ4v) is 5.54. The molecule has 0 bridgehead atoms. The van der Waals surface area contributed by atoms with Gasteiger partial charge in [-0.3, -0.25) is 14.6 Å². The Balaban J connectivity index is 1.37. The second-order valence-corrected chi connectivity index (χ2v) is 8.94. The van der Waals surface area contributed by atoms with Crippen LogP contribution in [0.15, 0.2) is 48.8 Å². The Kier molecular flexibility index (Phi) is 4.28. The predicted octanol–water partition coefficient (Wildman–Crippen LogP) is 3.42. The lowest BCUT2D eigenvalue weighted by atomic mass is 9.77. The molecule has 2 aliphatic heterocycles. The number of amides is 2. The van der Waals surface area contributed by atoms with Gasteiger partial charge in [0.15, 0.2) is 0 Å². The second kappa shape index (κ2) is 6.84. The number of carbonyl (C=O) groups excluding carboxylic acids is 2. The fraction of sp³-hybridized carbons (Fsp3) is 0.318. The van der Waals surface area contributed by atoms with Crippen LogP contribution in [0.4, 0.5) is 11.4 Å². The van der Waals surface area contributed by atoms with Crippen LogP contribution in [0, 0.1) is 5.41 Å². The van der Waals surface area contributed by atoms with Gasteiger partial charge in [-0.25, -0.2) is 0 Å². The molecule has 7 heteroatoms. The first kappa shape index (κ1) is 18.1. The van der Waals surface area contributed by atoms with Crippen molar-refractivity contribution in [1.29, 1.82) is 0 Å². The third-order valence-electron chi connectivity index (χ3n) is 6.31. The highest BCUT2D eigenvalue weighted by molar-refractivity contribution is 7.20. The number of hydrogen-bond donors (Lipinski definition) is 1. The molecule has 4 heterocycles. The van der Waals surface area contributed by atoms with Crippen LogP contribution >= 0.6 is 11.3 Å². The van der Waals surface area contributed by atoms with Gasteiger partial charge in [0, 0.05) is 36.9 Å². The van der Waals surface area contributed by atoms with Crippen LogP contribution in [0.2, 0.25) is 0 Å². The average Bonchev–Trinajstić information content (AvgIpc) is 3.32. The van der Waals surface area contributed by atoms with Crippen molar-refractivity contribution in [2.45, 2.75) is 19.3 Å². The van der Waals surface area contributed by atoms with E-state index in [0.29, 0.717) is 4.88 Å². The summed E-state index contributed by atoms with van der Waals surface area (Å²) in [7, 11) is 0. The van der Waals surface area contributed by atoms with E-state index in [9.17, 15) is 9.59 Å². The average molecular weight is 407 g/mol. The fourth-order valence-electron chi connectivity index (χ4n) is 4.63. The zero-order valence-corrected chi connectivity index (χ0v) is 16.8. The van der Waals surface area contributed by atoms with Crippen LogP contribution < -0.4 is 15.5 Å². The molecule has 2 fully saturated rings. The Morgan fingerprint density at radius 2 is 1.79 bits per heavy atom. The van der Waals surface area contributed by atoms with Gasteiger partial charge in [0.1, 0.15) is 0 Å². The minimum atomic E-state index is -0.410. The van der Waals surface area contributed by atoms with E-state index in [1.165, 1.54) is 11.3 Å². The molecular formula is C22H22N4O2S. The first-order chi connectivity index (χ1) is 14.1. The van der Waals surface area contributed by atoms with Crippen LogP contribution in [0.1, 0.15) is 28.9 Å². The number of nitrogens with two attached hydrogens (primary N) is 1. The number of nitrogens with zero attached hydrogens (tertiary/aromatic N) is 3. The summed E-state index contributed by atoms with van der Waals surface area (Å²) < 4.78 is 0.962.